The van der Waals surface area contributed by atoms with Crippen LogP contribution in [0.1, 0.15) is 21.0 Å². The number of nitrogens with zero attached hydrogens (tertiary/aromatic N) is 3. The second-order valence-electron chi connectivity index (χ2n) is 7.62. The summed E-state index contributed by atoms with van der Waals surface area (Å²) in [4.78, 5) is 34.1. The summed E-state index contributed by atoms with van der Waals surface area (Å²) in [5, 5.41) is 7.61. The van der Waals surface area contributed by atoms with Crippen molar-refractivity contribution in [2.24, 2.45) is 7.05 Å². The van der Waals surface area contributed by atoms with Gasteiger partial charge in [-0.2, -0.15) is 0 Å². The number of hydrogen-bond donors (Lipinski definition) is 2. The first-order valence-electron chi connectivity index (χ1n) is 10.4. The van der Waals surface area contributed by atoms with Gasteiger partial charge in [-0.25, -0.2) is 9.55 Å². The van der Waals surface area contributed by atoms with Crippen LogP contribution >= 0.6 is 0 Å². The van der Waals surface area contributed by atoms with Crippen LogP contribution in [0.25, 0.3) is 21.8 Å². The Kier molecular flexibility index (Phi) is 5.20. The van der Waals surface area contributed by atoms with Gasteiger partial charge in [0.25, 0.3) is 11.8 Å². The molecule has 0 unspecified atom stereocenters. The van der Waals surface area contributed by atoms with Gasteiger partial charge in [0.15, 0.2) is 6.20 Å². The fourth-order valence-corrected chi connectivity index (χ4v) is 3.67. The average Bonchev–Trinajstić information content (AvgIpc) is 2.84. The van der Waals surface area contributed by atoms with Gasteiger partial charge in [-0.1, -0.05) is 12.1 Å². The van der Waals surface area contributed by atoms with Crippen LogP contribution in [0, 0.1) is 0 Å². The standard InChI is InChI=1S/C26H19N5O2/c1-31-14-4-6-18-16-20(10-12-24(18)31)29-26(33)23-8-2-7-22(30-23)25(32)28-19-9-11-21-17(15-19)5-3-13-27-21/h2-16H,1H3,(H-,28,29,32,33)/p+1. The minimum atomic E-state index is -0.397. The normalized spacial score (nSPS) is 10.8. The first-order chi connectivity index (χ1) is 16.1. The molecule has 7 heteroatoms. The molecule has 5 aromatic rings. The summed E-state index contributed by atoms with van der Waals surface area (Å²) >= 11 is 0. The third-order valence-corrected chi connectivity index (χ3v) is 5.33. The van der Waals surface area contributed by atoms with Crippen molar-refractivity contribution in [1.82, 2.24) is 9.97 Å². The maximum atomic E-state index is 12.8. The maximum Gasteiger partial charge on any atom is 0.274 e. The van der Waals surface area contributed by atoms with Crippen molar-refractivity contribution in [3.63, 3.8) is 0 Å². The summed E-state index contributed by atoms with van der Waals surface area (Å²) in [7, 11) is 1.97. The van der Waals surface area contributed by atoms with E-state index in [-0.39, 0.29) is 17.3 Å². The zero-order valence-electron chi connectivity index (χ0n) is 17.8. The molecule has 0 aliphatic rings. The number of anilines is 2. The zero-order valence-corrected chi connectivity index (χ0v) is 17.8. The van der Waals surface area contributed by atoms with Gasteiger partial charge in [-0.05, 0) is 54.6 Å². The molecular formula is C26H20N5O2+. The number of benzene rings is 2. The van der Waals surface area contributed by atoms with E-state index in [2.05, 4.69) is 20.6 Å². The van der Waals surface area contributed by atoms with Crippen molar-refractivity contribution < 1.29 is 14.2 Å². The second-order valence-corrected chi connectivity index (χ2v) is 7.62. The summed E-state index contributed by atoms with van der Waals surface area (Å²) in [6, 6.07) is 23.6. The van der Waals surface area contributed by atoms with E-state index in [0.717, 1.165) is 21.8 Å². The summed E-state index contributed by atoms with van der Waals surface area (Å²) in [6.45, 7) is 0. The lowest BCUT2D eigenvalue weighted by Gasteiger charge is -2.08. The molecule has 0 aliphatic heterocycles. The molecule has 2 amide bonds. The molecule has 0 atom stereocenters. The van der Waals surface area contributed by atoms with E-state index in [0.29, 0.717) is 11.4 Å². The van der Waals surface area contributed by atoms with Crippen LogP contribution in [0.4, 0.5) is 11.4 Å². The predicted octanol–water partition coefficient (Wildman–Crippen LogP) is 4.11. The molecule has 0 saturated heterocycles. The van der Waals surface area contributed by atoms with Gasteiger partial charge in [-0.15, -0.1) is 0 Å². The highest BCUT2D eigenvalue weighted by Gasteiger charge is 2.14. The van der Waals surface area contributed by atoms with Crippen LogP contribution in [0.2, 0.25) is 0 Å². The molecule has 160 valence electrons. The zero-order chi connectivity index (χ0) is 22.8. The monoisotopic (exact) mass is 434 g/mol. The van der Waals surface area contributed by atoms with Gasteiger partial charge in [0.2, 0.25) is 5.52 Å². The van der Waals surface area contributed by atoms with Crippen LogP contribution in [0.3, 0.4) is 0 Å². The molecule has 2 N–H and O–H groups in total. The van der Waals surface area contributed by atoms with Crippen molar-refractivity contribution in [2.75, 3.05) is 10.6 Å². The molecule has 0 radical (unpaired) electrons. The Hall–Kier alpha value is -4.65. The van der Waals surface area contributed by atoms with Crippen molar-refractivity contribution in [1.29, 1.82) is 0 Å². The number of aromatic nitrogens is 3. The first-order valence-corrected chi connectivity index (χ1v) is 10.4. The third kappa shape index (κ3) is 4.24. The minimum Gasteiger partial charge on any atom is -0.321 e. The van der Waals surface area contributed by atoms with E-state index in [1.807, 2.05) is 72.4 Å². The second kappa shape index (κ2) is 8.47. The van der Waals surface area contributed by atoms with Crippen molar-refractivity contribution in [3.05, 3.63) is 103 Å². The van der Waals surface area contributed by atoms with Gasteiger partial charge in [0.1, 0.15) is 18.4 Å². The molecule has 5 rings (SSSR count). The average molecular weight is 434 g/mol. The fraction of sp³-hybridized carbons (Fsp3) is 0.0385. The lowest BCUT2D eigenvalue weighted by atomic mass is 10.2. The third-order valence-electron chi connectivity index (χ3n) is 5.33. The van der Waals surface area contributed by atoms with Gasteiger partial charge in [-0.3, -0.25) is 14.6 Å². The molecule has 33 heavy (non-hydrogen) atoms. The number of aryl methyl sites for hydroxylation is 1. The van der Waals surface area contributed by atoms with E-state index in [4.69, 9.17) is 0 Å². The minimum absolute atomic E-state index is 0.152. The number of pyridine rings is 3. The van der Waals surface area contributed by atoms with Crippen molar-refractivity contribution in [3.8, 4) is 0 Å². The number of fused-ring (bicyclic) bond motifs is 2. The van der Waals surface area contributed by atoms with E-state index < -0.39 is 5.91 Å². The highest BCUT2D eigenvalue weighted by molar-refractivity contribution is 6.07. The molecular weight excluding hydrogens is 414 g/mol. The van der Waals surface area contributed by atoms with Crippen LogP contribution in [0.5, 0.6) is 0 Å². The lowest BCUT2D eigenvalue weighted by molar-refractivity contribution is -0.644. The number of carbonyl (C=O) groups excluding carboxylic acids is 2. The van der Waals surface area contributed by atoms with Crippen LogP contribution in [0.15, 0.2) is 91.3 Å². The summed E-state index contributed by atoms with van der Waals surface area (Å²) in [5.41, 5.74) is 3.48. The Morgan fingerprint density at radius 1 is 0.758 bits per heavy atom. The van der Waals surface area contributed by atoms with E-state index in [1.165, 1.54) is 0 Å². The van der Waals surface area contributed by atoms with Crippen LogP contribution in [-0.2, 0) is 7.05 Å². The van der Waals surface area contributed by atoms with Gasteiger partial charge >= 0.3 is 0 Å². The molecule has 3 aromatic heterocycles. The topological polar surface area (TPSA) is 87.9 Å². The molecule has 2 aromatic carbocycles. The lowest BCUT2D eigenvalue weighted by Crippen LogP contribution is -2.27. The SMILES string of the molecule is C[n+]1cccc2cc(NC(=O)c3cccc(C(=O)Nc4ccc5ncccc5c4)n3)ccc21. The number of carbonyl (C=O) groups is 2. The Bertz CT molecular complexity index is 1530. The summed E-state index contributed by atoms with van der Waals surface area (Å²) in [6.07, 6.45) is 3.69. The van der Waals surface area contributed by atoms with Crippen molar-refractivity contribution in [2.45, 2.75) is 0 Å². The van der Waals surface area contributed by atoms with Crippen LogP contribution < -0.4 is 15.2 Å². The van der Waals surface area contributed by atoms with Gasteiger partial charge in [0, 0.05) is 40.5 Å². The van der Waals surface area contributed by atoms with E-state index in [1.54, 1.807) is 30.5 Å². The summed E-state index contributed by atoms with van der Waals surface area (Å²) in [5.74, 6) is -0.785. The number of amides is 2. The number of nitrogens with one attached hydrogen (secondary N) is 2. The Labute approximate surface area is 189 Å². The Balaban J connectivity index is 1.33. The van der Waals surface area contributed by atoms with E-state index in [9.17, 15) is 9.59 Å². The number of rotatable bonds is 4. The van der Waals surface area contributed by atoms with Gasteiger partial charge < -0.3 is 10.6 Å². The van der Waals surface area contributed by atoms with Gasteiger partial charge in [0.05, 0.1) is 5.52 Å². The molecule has 7 nitrogen and oxygen atoms in total. The fourth-order valence-electron chi connectivity index (χ4n) is 3.67. The Morgan fingerprint density at radius 2 is 1.42 bits per heavy atom. The van der Waals surface area contributed by atoms with E-state index >= 15 is 0 Å². The Morgan fingerprint density at radius 3 is 2.18 bits per heavy atom. The van der Waals surface area contributed by atoms with Crippen molar-refractivity contribution >= 4 is 45.0 Å². The molecule has 0 fully saturated rings. The maximum absolute atomic E-state index is 12.8. The highest BCUT2D eigenvalue weighted by Crippen LogP contribution is 2.19. The molecule has 0 aliphatic carbocycles. The molecule has 0 saturated carbocycles. The molecule has 0 bridgehead atoms. The quantitative estimate of drug-likeness (QED) is 0.417. The highest BCUT2D eigenvalue weighted by atomic mass is 16.2. The largest absolute Gasteiger partial charge is 0.321 e. The predicted molar refractivity (Wildman–Crippen MR) is 127 cm³/mol. The molecule has 3 heterocycles. The molecule has 0 spiro atoms. The smallest absolute Gasteiger partial charge is 0.274 e. The van der Waals surface area contributed by atoms with Crippen LogP contribution in [-0.4, -0.2) is 21.8 Å². The number of hydrogen-bond acceptors (Lipinski definition) is 4. The first kappa shape index (κ1) is 20.3. The summed E-state index contributed by atoms with van der Waals surface area (Å²) < 4.78 is 2.01.